The fraction of sp³-hybridized carbons (Fsp3) is 0.400. The predicted molar refractivity (Wildman–Crippen MR) is 50.1 cm³/mol. The summed E-state index contributed by atoms with van der Waals surface area (Å²) in [6, 6.07) is 3.96. The summed E-state index contributed by atoms with van der Waals surface area (Å²) in [6.45, 7) is 4.39. The Labute approximate surface area is 73.0 Å². The molecule has 1 aromatic carbocycles. The molecule has 12 heavy (non-hydrogen) atoms. The lowest BCUT2D eigenvalue weighted by molar-refractivity contribution is 0.464. The van der Waals surface area contributed by atoms with Gasteiger partial charge in [0.1, 0.15) is 5.75 Å². The average Bonchev–Trinajstić information content (AvgIpc) is 2.09. The molecule has 0 saturated carbocycles. The number of hydrogen-bond donors (Lipinski definition) is 2. The number of phenolic OH excluding ortho intramolecular Hbond substituents is 1. The normalized spacial score (nSPS) is 10.2. The van der Waals surface area contributed by atoms with Crippen molar-refractivity contribution in [3.8, 4) is 5.75 Å². The van der Waals surface area contributed by atoms with Gasteiger partial charge < -0.3 is 10.8 Å². The third-order valence-corrected chi connectivity index (χ3v) is 2.07. The van der Waals surface area contributed by atoms with E-state index in [1.165, 1.54) is 5.56 Å². The van der Waals surface area contributed by atoms with Crippen LogP contribution in [0.4, 0.5) is 0 Å². The van der Waals surface area contributed by atoms with Gasteiger partial charge in [-0.05, 0) is 24.5 Å². The molecule has 0 spiro atoms. The smallest absolute Gasteiger partial charge is 0.122 e. The van der Waals surface area contributed by atoms with E-state index < -0.39 is 0 Å². The van der Waals surface area contributed by atoms with E-state index in [4.69, 9.17) is 5.73 Å². The Bertz CT molecular complexity index is 281. The Morgan fingerprint density at radius 1 is 1.42 bits per heavy atom. The highest BCUT2D eigenvalue weighted by Crippen LogP contribution is 2.23. The highest BCUT2D eigenvalue weighted by molar-refractivity contribution is 5.42. The molecule has 66 valence electrons. The zero-order valence-corrected chi connectivity index (χ0v) is 7.59. The van der Waals surface area contributed by atoms with Crippen LogP contribution in [0.5, 0.6) is 5.75 Å². The summed E-state index contributed by atoms with van der Waals surface area (Å²) < 4.78 is 0. The summed E-state index contributed by atoms with van der Waals surface area (Å²) in [7, 11) is 0. The first kappa shape index (κ1) is 9.07. The lowest BCUT2D eigenvalue weighted by Crippen LogP contribution is -1.99. The van der Waals surface area contributed by atoms with Crippen LogP contribution in [-0.4, -0.2) is 5.11 Å². The van der Waals surface area contributed by atoms with Gasteiger partial charge >= 0.3 is 0 Å². The first-order valence-corrected chi connectivity index (χ1v) is 4.20. The number of rotatable bonds is 2. The molecular formula is C10H15NO. The first-order valence-electron chi connectivity index (χ1n) is 4.20. The Morgan fingerprint density at radius 2 is 2.08 bits per heavy atom. The van der Waals surface area contributed by atoms with Gasteiger partial charge in [0.25, 0.3) is 0 Å². The SMILES string of the molecule is CCc1cc(C)c(O)c(CN)c1. The molecule has 1 rings (SSSR count). The molecule has 0 aliphatic rings. The number of aryl methyl sites for hydroxylation is 2. The van der Waals surface area contributed by atoms with Gasteiger partial charge in [0.05, 0.1) is 0 Å². The standard InChI is InChI=1S/C10H15NO/c1-3-8-4-7(2)10(12)9(5-8)6-11/h4-5,12H,3,6,11H2,1-2H3. The van der Waals surface area contributed by atoms with Gasteiger partial charge in [-0.15, -0.1) is 0 Å². The third kappa shape index (κ3) is 1.59. The second-order valence-corrected chi connectivity index (χ2v) is 2.98. The molecule has 0 aliphatic heterocycles. The van der Waals surface area contributed by atoms with Crippen molar-refractivity contribution >= 4 is 0 Å². The van der Waals surface area contributed by atoms with E-state index in [0.717, 1.165) is 17.5 Å². The van der Waals surface area contributed by atoms with E-state index >= 15 is 0 Å². The van der Waals surface area contributed by atoms with Crippen LogP contribution in [-0.2, 0) is 13.0 Å². The Hall–Kier alpha value is -1.02. The van der Waals surface area contributed by atoms with Crippen LogP contribution in [0.15, 0.2) is 12.1 Å². The van der Waals surface area contributed by atoms with Crippen molar-refractivity contribution in [2.24, 2.45) is 5.73 Å². The van der Waals surface area contributed by atoms with Crippen LogP contribution in [0, 0.1) is 6.92 Å². The fourth-order valence-corrected chi connectivity index (χ4v) is 1.29. The Balaban J connectivity index is 3.19. The van der Waals surface area contributed by atoms with Crippen LogP contribution < -0.4 is 5.73 Å². The molecular weight excluding hydrogens is 150 g/mol. The van der Waals surface area contributed by atoms with E-state index in [-0.39, 0.29) is 0 Å². The molecule has 0 aliphatic carbocycles. The van der Waals surface area contributed by atoms with Crippen LogP contribution in [0.25, 0.3) is 0 Å². The minimum Gasteiger partial charge on any atom is -0.507 e. The number of nitrogens with two attached hydrogens (primary N) is 1. The van der Waals surface area contributed by atoms with Gasteiger partial charge in [0.15, 0.2) is 0 Å². The zero-order chi connectivity index (χ0) is 9.14. The molecule has 0 atom stereocenters. The van der Waals surface area contributed by atoms with Crippen molar-refractivity contribution in [1.29, 1.82) is 0 Å². The van der Waals surface area contributed by atoms with Gasteiger partial charge in [-0.25, -0.2) is 0 Å². The maximum absolute atomic E-state index is 9.54. The molecule has 0 amide bonds. The summed E-state index contributed by atoms with van der Waals surface area (Å²) in [4.78, 5) is 0. The van der Waals surface area contributed by atoms with Gasteiger partial charge in [-0.3, -0.25) is 0 Å². The van der Waals surface area contributed by atoms with E-state index in [2.05, 4.69) is 6.92 Å². The Kier molecular flexibility index (Phi) is 2.71. The molecule has 1 aromatic rings. The van der Waals surface area contributed by atoms with Crippen molar-refractivity contribution in [3.05, 3.63) is 28.8 Å². The molecule has 2 heteroatoms. The lowest BCUT2D eigenvalue weighted by atomic mass is 10.0. The third-order valence-electron chi connectivity index (χ3n) is 2.07. The molecule has 0 fully saturated rings. The topological polar surface area (TPSA) is 46.2 Å². The average molecular weight is 165 g/mol. The van der Waals surface area contributed by atoms with Crippen LogP contribution in [0.2, 0.25) is 0 Å². The fourth-order valence-electron chi connectivity index (χ4n) is 1.29. The summed E-state index contributed by atoms with van der Waals surface area (Å²) >= 11 is 0. The molecule has 0 radical (unpaired) electrons. The number of hydrogen-bond acceptors (Lipinski definition) is 2. The molecule has 0 unspecified atom stereocenters. The molecule has 0 aromatic heterocycles. The van der Waals surface area contributed by atoms with E-state index in [0.29, 0.717) is 12.3 Å². The molecule has 0 saturated heterocycles. The van der Waals surface area contributed by atoms with Crippen LogP contribution >= 0.6 is 0 Å². The zero-order valence-electron chi connectivity index (χ0n) is 7.59. The second kappa shape index (κ2) is 3.59. The summed E-state index contributed by atoms with van der Waals surface area (Å²) in [6.07, 6.45) is 0.980. The lowest BCUT2D eigenvalue weighted by Gasteiger charge is -2.07. The number of phenols is 1. The molecule has 0 bridgehead atoms. The van der Waals surface area contributed by atoms with Crippen molar-refractivity contribution < 1.29 is 5.11 Å². The van der Waals surface area contributed by atoms with E-state index in [1.54, 1.807) is 0 Å². The van der Waals surface area contributed by atoms with Gasteiger partial charge in [0.2, 0.25) is 0 Å². The summed E-state index contributed by atoms with van der Waals surface area (Å²) in [5.74, 6) is 0.342. The first-order chi connectivity index (χ1) is 5.69. The van der Waals surface area contributed by atoms with Gasteiger partial charge in [-0.2, -0.15) is 0 Å². The van der Waals surface area contributed by atoms with Crippen LogP contribution in [0.1, 0.15) is 23.6 Å². The number of benzene rings is 1. The minimum atomic E-state index is 0.342. The number of aromatic hydroxyl groups is 1. The van der Waals surface area contributed by atoms with Crippen LogP contribution in [0.3, 0.4) is 0 Å². The highest BCUT2D eigenvalue weighted by atomic mass is 16.3. The van der Waals surface area contributed by atoms with Gasteiger partial charge in [0, 0.05) is 12.1 Å². The van der Waals surface area contributed by atoms with E-state index in [9.17, 15) is 5.11 Å². The molecule has 3 N–H and O–H groups in total. The van der Waals surface area contributed by atoms with Gasteiger partial charge in [-0.1, -0.05) is 19.1 Å². The quantitative estimate of drug-likeness (QED) is 0.701. The molecule has 0 heterocycles. The van der Waals surface area contributed by atoms with Crippen molar-refractivity contribution in [2.45, 2.75) is 26.8 Å². The van der Waals surface area contributed by atoms with E-state index in [1.807, 2.05) is 19.1 Å². The summed E-state index contributed by atoms with van der Waals surface area (Å²) in [5, 5.41) is 9.54. The predicted octanol–water partition coefficient (Wildman–Crippen LogP) is 1.72. The molecule has 2 nitrogen and oxygen atoms in total. The van der Waals surface area contributed by atoms with Crippen molar-refractivity contribution in [1.82, 2.24) is 0 Å². The summed E-state index contributed by atoms with van der Waals surface area (Å²) in [5.41, 5.74) is 8.46. The maximum Gasteiger partial charge on any atom is 0.122 e. The monoisotopic (exact) mass is 165 g/mol. The maximum atomic E-state index is 9.54. The Morgan fingerprint density at radius 3 is 2.58 bits per heavy atom. The highest BCUT2D eigenvalue weighted by Gasteiger charge is 2.03. The second-order valence-electron chi connectivity index (χ2n) is 2.98. The largest absolute Gasteiger partial charge is 0.507 e. The minimum absolute atomic E-state index is 0.342. The van der Waals surface area contributed by atoms with Crippen molar-refractivity contribution in [2.75, 3.05) is 0 Å². The van der Waals surface area contributed by atoms with Crippen molar-refractivity contribution in [3.63, 3.8) is 0 Å².